The van der Waals surface area contributed by atoms with Crippen LogP contribution in [0.3, 0.4) is 0 Å². The van der Waals surface area contributed by atoms with Crippen LogP contribution in [0, 0.1) is 0 Å². The van der Waals surface area contributed by atoms with Crippen molar-refractivity contribution in [2.24, 2.45) is 0 Å². The third-order valence-corrected chi connectivity index (χ3v) is 3.84. The van der Waals surface area contributed by atoms with Crippen LogP contribution in [0.4, 0.5) is 5.69 Å². The molecule has 0 aliphatic heterocycles. The zero-order valence-electron chi connectivity index (χ0n) is 11.7. The van der Waals surface area contributed by atoms with Crippen LogP contribution >= 0.6 is 11.6 Å². The third kappa shape index (κ3) is 3.57. The Morgan fingerprint density at radius 2 is 1.90 bits per heavy atom. The Morgan fingerprint density at radius 3 is 2.50 bits per heavy atom. The number of esters is 1. The third-order valence-electron chi connectivity index (χ3n) is 3.56. The van der Waals surface area contributed by atoms with E-state index in [9.17, 15) is 4.79 Å². The molecule has 0 unspecified atom stereocenters. The van der Waals surface area contributed by atoms with Gasteiger partial charge in [-0.1, -0.05) is 24.4 Å². The quantitative estimate of drug-likeness (QED) is 0.523. The summed E-state index contributed by atoms with van der Waals surface area (Å²) in [6.45, 7) is 0. The molecule has 0 amide bonds. The summed E-state index contributed by atoms with van der Waals surface area (Å²) in [6, 6.07) is 3.14. The van der Waals surface area contributed by atoms with E-state index in [-0.39, 0.29) is 6.10 Å². The van der Waals surface area contributed by atoms with Crippen molar-refractivity contribution in [3.63, 3.8) is 0 Å². The van der Waals surface area contributed by atoms with E-state index >= 15 is 0 Å². The van der Waals surface area contributed by atoms with Gasteiger partial charge < -0.3 is 15.2 Å². The second-order valence-electron chi connectivity index (χ2n) is 5.10. The van der Waals surface area contributed by atoms with Crippen LogP contribution in [0.2, 0.25) is 5.02 Å². The van der Waals surface area contributed by atoms with Gasteiger partial charge in [0.1, 0.15) is 5.56 Å². The largest absolute Gasteiger partial charge is 0.488 e. The standard InChI is InChI=1S/C15H20ClNO3/c1-19-15(18)12-8-10(17)9-13(16)14(12)20-11-6-4-2-3-5-7-11/h8-9,11H,2-7,17H2,1H3. The molecule has 0 heterocycles. The maximum absolute atomic E-state index is 11.8. The van der Waals surface area contributed by atoms with Crippen LogP contribution in [0.25, 0.3) is 0 Å². The molecule has 0 atom stereocenters. The number of nitrogen functional groups attached to an aromatic ring is 1. The fourth-order valence-corrected chi connectivity index (χ4v) is 2.79. The van der Waals surface area contributed by atoms with Crippen LogP contribution in [0.15, 0.2) is 12.1 Å². The molecular weight excluding hydrogens is 278 g/mol. The molecule has 0 saturated heterocycles. The Hall–Kier alpha value is -1.42. The molecule has 1 aliphatic carbocycles. The normalized spacial score (nSPS) is 16.5. The van der Waals surface area contributed by atoms with E-state index in [1.165, 1.54) is 20.0 Å². The number of carbonyl (C=O) groups excluding carboxylic acids is 1. The average Bonchev–Trinajstić information content (AvgIpc) is 2.69. The van der Waals surface area contributed by atoms with Crippen molar-refractivity contribution in [1.29, 1.82) is 0 Å². The van der Waals surface area contributed by atoms with Crippen molar-refractivity contribution in [3.05, 3.63) is 22.7 Å². The number of halogens is 1. The Morgan fingerprint density at radius 1 is 1.25 bits per heavy atom. The minimum atomic E-state index is -0.483. The van der Waals surface area contributed by atoms with Gasteiger partial charge in [-0.2, -0.15) is 0 Å². The number of hydrogen-bond acceptors (Lipinski definition) is 4. The summed E-state index contributed by atoms with van der Waals surface area (Å²) in [4.78, 5) is 11.8. The molecule has 5 heteroatoms. The van der Waals surface area contributed by atoms with E-state index < -0.39 is 5.97 Å². The fourth-order valence-electron chi connectivity index (χ4n) is 2.52. The molecule has 1 aliphatic rings. The van der Waals surface area contributed by atoms with Crippen molar-refractivity contribution < 1.29 is 14.3 Å². The van der Waals surface area contributed by atoms with Gasteiger partial charge in [0.05, 0.1) is 18.2 Å². The van der Waals surface area contributed by atoms with Crippen LogP contribution in [-0.4, -0.2) is 19.2 Å². The van der Waals surface area contributed by atoms with Gasteiger partial charge >= 0.3 is 5.97 Å². The number of carbonyl (C=O) groups is 1. The Kier molecular flexibility index (Phi) is 5.12. The molecule has 1 fully saturated rings. The number of rotatable bonds is 3. The highest BCUT2D eigenvalue weighted by Gasteiger charge is 2.22. The lowest BCUT2D eigenvalue weighted by atomic mass is 10.1. The Balaban J connectivity index is 2.26. The minimum Gasteiger partial charge on any atom is -0.488 e. The number of methoxy groups -OCH3 is 1. The van der Waals surface area contributed by atoms with Gasteiger partial charge in [0.2, 0.25) is 0 Å². The molecule has 1 aromatic rings. The topological polar surface area (TPSA) is 61.5 Å². The monoisotopic (exact) mass is 297 g/mol. The van der Waals surface area contributed by atoms with Gasteiger partial charge in [0.15, 0.2) is 5.75 Å². The molecule has 0 bridgehead atoms. The molecule has 1 saturated carbocycles. The van der Waals surface area contributed by atoms with Crippen LogP contribution in [0.5, 0.6) is 5.75 Å². The molecule has 0 spiro atoms. The summed E-state index contributed by atoms with van der Waals surface area (Å²) in [5.74, 6) is -0.0950. The van der Waals surface area contributed by atoms with Gasteiger partial charge in [-0.25, -0.2) is 4.79 Å². The molecular formula is C15H20ClNO3. The highest BCUT2D eigenvalue weighted by atomic mass is 35.5. The number of anilines is 1. The van der Waals surface area contributed by atoms with Gasteiger partial charge in [-0.3, -0.25) is 0 Å². The molecule has 4 nitrogen and oxygen atoms in total. The SMILES string of the molecule is COC(=O)c1cc(N)cc(Cl)c1OC1CCCCCC1. The van der Waals surface area contributed by atoms with Crippen LogP contribution in [-0.2, 0) is 4.74 Å². The highest BCUT2D eigenvalue weighted by molar-refractivity contribution is 6.33. The van der Waals surface area contributed by atoms with E-state index in [0.29, 0.717) is 22.0 Å². The zero-order chi connectivity index (χ0) is 14.5. The zero-order valence-corrected chi connectivity index (χ0v) is 12.4. The van der Waals surface area contributed by atoms with Gasteiger partial charge in [0.25, 0.3) is 0 Å². The molecule has 2 rings (SSSR count). The Labute approximate surface area is 124 Å². The lowest BCUT2D eigenvalue weighted by molar-refractivity contribution is 0.0592. The average molecular weight is 298 g/mol. The summed E-state index contributed by atoms with van der Waals surface area (Å²) in [5, 5.41) is 0.356. The van der Waals surface area contributed by atoms with Gasteiger partial charge in [-0.15, -0.1) is 0 Å². The summed E-state index contributed by atoms with van der Waals surface area (Å²) >= 11 is 6.18. The van der Waals surface area contributed by atoms with E-state index in [4.69, 9.17) is 26.8 Å². The summed E-state index contributed by atoms with van der Waals surface area (Å²) in [6.07, 6.45) is 6.83. The fraction of sp³-hybridized carbons (Fsp3) is 0.533. The van der Waals surface area contributed by atoms with E-state index in [0.717, 1.165) is 25.7 Å². The second-order valence-corrected chi connectivity index (χ2v) is 5.51. The predicted octanol–water partition coefficient (Wildman–Crippen LogP) is 3.81. The molecule has 0 aromatic heterocycles. The first-order valence-corrected chi connectivity index (χ1v) is 7.33. The lowest BCUT2D eigenvalue weighted by Crippen LogP contribution is -2.18. The first-order valence-electron chi connectivity index (χ1n) is 6.96. The van der Waals surface area contributed by atoms with Gasteiger partial charge in [0, 0.05) is 5.69 Å². The summed E-state index contributed by atoms with van der Waals surface area (Å²) in [7, 11) is 1.33. The number of benzene rings is 1. The molecule has 0 radical (unpaired) electrons. The van der Waals surface area contributed by atoms with Crippen molar-refractivity contribution in [1.82, 2.24) is 0 Å². The predicted molar refractivity (Wildman–Crippen MR) is 79.3 cm³/mol. The maximum Gasteiger partial charge on any atom is 0.341 e. The second kappa shape index (κ2) is 6.84. The van der Waals surface area contributed by atoms with Gasteiger partial charge in [-0.05, 0) is 37.8 Å². The summed E-state index contributed by atoms with van der Waals surface area (Å²) < 4.78 is 10.8. The molecule has 20 heavy (non-hydrogen) atoms. The minimum absolute atomic E-state index is 0.0991. The maximum atomic E-state index is 11.8. The smallest absolute Gasteiger partial charge is 0.341 e. The van der Waals surface area contributed by atoms with E-state index in [1.54, 1.807) is 12.1 Å². The molecule has 110 valence electrons. The van der Waals surface area contributed by atoms with Crippen molar-refractivity contribution in [3.8, 4) is 5.75 Å². The molecule has 1 aromatic carbocycles. The number of ether oxygens (including phenoxy) is 2. The van der Waals surface area contributed by atoms with Crippen LogP contribution < -0.4 is 10.5 Å². The summed E-state index contributed by atoms with van der Waals surface area (Å²) in [5.41, 5.74) is 6.44. The molecule has 2 N–H and O–H groups in total. The van der Waals surface area contributed by atoms with Crippen molar-refractivity contribution >= 4 is 23.3 Å². The first-order chi connectivity index (χ1) is 9.61. The lowest BCUT2D eigenvalue weighted by Gasteiger charge is -2.20. The first kappa shape index (κ1) is 15.0. The highest BCUT2D eigenvalue weighted by Crippen LogP contribution is 2.34. The van der Waals surface area contributed by atoms with Crippen molar-refractivity contribution in [2.75, 3.05) is 12.8 Å². The van der Waals surface area contributed by atoms with E-state index in [2.05, 4.69) is 0 Å². The van der Waals surface area contributed by atoms with E-state index in [1.807, 2.05) is 0 Å². The van der Waals surface area contributed by atoms with Crippen molar-refractivity contribution in [2.45, 2.75) is 44.6 Å². The van der Waals surface area contributed by atoms with Crippen LogP contribution in [0.1, 0.15) is 48.9 Å². The number of nitrogens with two attached hydrogens (primary N) is 1. The Bertz CT molecular complexity index is 482. The number of hydrogen-bond donors (Lipinski definition) is 1.